The van der Waals surface area contributed by atoms with E-state index in [-0.39, 0.29) is 5.28 Å². The molecule has 0 unspecified atom stereocenters. The van der Waals surface area contributed by atoms with Crippen molar-refractivity contribution in [1.29, 1.82) is 0 Å². The number of benzene rings is 1. The predicted octanol–water partition coefficient (Wildman–Crippen LogP) is 4.77. The van der Waals surface area contributed by atoms with Gasteiger partial charge in [-0.1, -0.05) is 25.5 Å². The third-order valence-electron chi connectivity index (χ3n) is 2.74. The molecule has 0 aliphatic carbocycles. The van der Waals surface area contributed by atoms with Crippen molar-refractivity contribution >= 4 is 11.6 Å². The van der Waals surface area contributed by atoms with Crippen molar-refractivity contribution in [2.75, 3.05) is 0 Å². The number of halogens is 4. The second-order valence-electron chi connectivity index (χ2n) is 4.34. The quantitative estimate of drug-likeness (QED) is 0.763. The fourth-order valence-electron chi connectivity index (χ4n) is 1.85. The number of hydrogen-bond acceptors (Lipinski definition) is 2. The van der Waals surface area contributed by atoms with Crippen LogP contribution in [-0.2, 0) is 12.6 Å². The number of alkyl halides is 3. The van der Waals surface area contributed by atoms with Gasteiger partial charge in [0.15, 0.2) is 0 Å². The Morgan fingerprint density at radius 2 is 1.90 bits per heavy atom. The van der Waals surface area contributed by atoms with Gasteiger partial charge in [-0.25, -0.2) is 9.97 Å². The molecule has 6 heteroatoms. The van der Waals surface area contributed by atoms with Crippen LogP contribution in [0.5, 0.6) is 0 Å². The maximum absolute atomic E-state index is 12.7. The number of nitrogens with zero attached hydrogens (tertiary/aromatic N) is 2. The first-order valence-corrected chi connectivity index (χ1v) is 6.49. The summed E-state index contributed by atoms with van der Waals surface area (Å²) in [6, 6.07) is 6.69. The second-order valence-corrected chi connectivity index (χ2v) is 4.68. The molecule has 0 aliphatic heterocycles. The van der Waals surface area contributed by atoms with Crippen LogP contribution in [0.3, 0.4) is 0 Å². The molecule has 0 fully saturated rings. The zero-order chi connectivity index (χ0) is 14.8. The van der Waals surface area contributed by atoms with Gasteiger partial charge in [0.05, 0.1) is 11.3 Å². The van der Waals surface area contributed by atoms with E-state index < -0.39 is 11.7 Å². The van der Waals surface area contributed by atoms with Crippen LogP contribution in [0, 0.1) is 0 Å². The highest BCUT2D eigenvalue weighted by molar-refractivity contribution is 6.28. The minimum Gasteiger partial charge on any atom is -0.223 e. The Hall–Kier alpha value is -1.62. The minimum atomic E-state index is -4.38. The van der Waals surface area contributed by atoms with Gasteiger partial charge in [-0.15, -0.1) is 0 Å². The monoisotopic (exact) mass is 300 g/mol. The summed E-state index contributed by atoms with van der Waals surface area (Å²) in [5.41, 5.74) is 0.794. The first kappa shape index (κ1) is 14.8. The molecule has 2 nitrogen and oxygen atoms in total. The van der Waals surface area contributed by atoms with Crippen molar-refractivity contribution in [3.8, 4) is 11.3 Å². The topological polar surface area (TPSA) is 25.8 Å². The molecule has 2 aromatic rings. The number of aromatic nitrogens is 2. The minimum absolute atomic E-state index is 0.0448. The van der Waals surface area contributed by atoms with E-state index in [0.29, 0.717) is 17.7 Å². The van der Waals surface area contributed by atoms with Gasteiger partial charge < -0.3 is 0 Å². The Morgan fingerprint density at radius 3 is 2.55 bits per heavy atom. The summed E-state index contributed by atoms with van der Waals surface area (Å²) < 4.78 is 38.1. The molecule has 0 bridgehead atoms. The SMILES string of the molecule is CCCc1cc(-c2cccc(C(F)(F)F)c2)nc(Cl)n1. The van der Waals surface area contributed by atoms with Crippen molar-refractivity contribution in [3.05, 3.63) is 46.9 Å². The van der Waals surface area contributed by atoms with Gasteiger partial charge in [-0.05, 0) is 36.2 Å². The van der Waals surface area contributed by atoms with E-state index in [0.717, 1.165) is 24.2 Å². The molecule has 0 saturated carbocycles. The molecule has 2 rings (SSSR count). The third-order valence-corrected chi connectivity index (χ3v) is 2.91. The Bertz CT molecular complexity index is 612. The lowest BCUT2D eigenvalue weighted by Gasteiger charge is -2.09. The van der Waals surface area contributed by atoms with E-state index >= 15 is 0 Å². The van der Waals surface area contributed by atoms with E-state index in [4.69, 9.17) is 11.6 Å². The summed E-state index contributed by atoms with van der Waals surface area (Å²) in [7, 11) is 0. The lowest BCUT2D eigenvalue weighted by atomic mass is 10.1. The summed E-state index contributed by atoms with van der Waals surface area (Å²) in [6.45, 7) is 1.99. The van der Waals surface area contributed by atoms with E-state index in [2.05, 4.69) is 9.97 Å². The van der Waals surface area contributed by atoms with Gasteiger partial charge in [0.1, 0.15) is 0 Å². The smallest absolute Gasteiger partial charge is 0.223 e. The van der Waals surface area contributed by atoms with E-state index in [1.165, 1.54) is 6.07 Å². The molecule has 1 heterocycles. The average Bonchev–Trinajstić information content (AvgIpc) is 2.37. The zero-order valence-electron chi connectivity index (χ0n) is 10.7. The molecule has 0 aliphatic rings. The molecule has 1 aromatic carbocycles. The van der Waals surface area contributed by atoms with Gasteiger partial charge in [0, 0.05) is 11.3 Å². The van der Waals surface area contributed by atoms with Gasteiger partial charge in [-0.3, -0.25) is 0 Å². The summed E-state index contributed by atoms with van der Waals surface area (Å²) in [5, 5.41) is 0.0448. The van der Waals surface area contributed by atoms with Crippen molar-refractivity contribution in [1.82, 2.24) is 9.97 Å². The lowest BCUT2D eigenvalue weighted by molar-refractivity contribution is -0.137. The summed E-state index contributed by atoms with van der Waals surface area (Å²) in [5.74, 6) is 0. The molecular weight excluding hydrogens is 289 g/mol. The first-order valence-electron chi connectivity index (χ1n) is 6.11. The van der Waals surface area contributed by atoms with E-state index in [9.17, 15) is 13.2 Å². The molecule has 0 amide bonds. The van der Waals surface area contributed by atoms with Crippen molar-refractivity contribution in [2.45, 2.75) is 25.9 Å². The first-order chi connectivity index (χ1) is 9.40. The van der Waals surface area contributed by atoms with Crippen molar-refractivity contribution < 1.29 is 13.2 Å². The van der Waals surface area contributed by atoms with Gasteiger partial charge in [-0.2, -0.15) is 13.2 Å². The van der Waals surface area contributed by atoms with E-state index in [1.54, 1.807) is 12.1 Å². The Morgan fingerprint density at radius 1 is 1.15 bits per heavy atom. The van der Waals surface area contributed by atoms with Gasteiger partial charge >= 0.3 is 6.18 Å². The van der Waals surface area contributed by atoms with Crippen LogP contribution < -0.4 is 0 Å². The lowest BCUT2D eigenvalue weighted by Crippen LogP contribution is -2.04. The highest BCUT2D eigenvalue weighted by Crippen LogP contribution is 2.32. The highest BCUT2D eigenvalue weighted by atomic mass is 35.5. The van der Waals surface area contributed by atoms with Gasteiger partial charge in [0.25, 0.3) is 0 Å². The largest absolute Gasteiger partial charge is 0.416 e. The Balaban J connectivity index is 2.46. The summed E-state index contributed by atoms with van der Waals surface area (Å²) in [6.07, 6.45) is -2.80. The van der Waals surface area contributed by atoms with Crippen molar-refractivity contribution in [2.24, 2.45) is 0 Å². The third kappa shape index (κ3) is 3.48. The molecular formula is C14H12ClF3N2. The maximum Gasteiger partial charge on any atom is 0.416 e. The van der Waals surface area contributed by atoms with Crippen LogP contribution in [0.15, 0.2) is 30.3 Å². The highest BCUT2D eigenvalue weighted by Gasteiger charge is 2.30. The Labute approximate surface area is 119 Å². The number of hydrogen-bond donors (Lipinski definition) is 0. The van der Waals surface area contributed by atoms with Crippen LogP contribution in [0.1, 0.15) is 24.6 Å². The molecule has 106 valence electrons. The fraction of sp³-hybridized carbons (Fsp3) is 0.286. The standard InChI is InChI=1S/C14H12ClF3N2/c1-2-4-11-8-12(20-13(15)19-11)9-5-3-6-10(7-9)14(16,17)18/h3,5-8H,2,4H2,1H3. The molecule has 20 heavy (non-hydrogen) atoms. The van der Waals surface area contributed by atoms with Crippen LogP contribution >= 0.6 is 11.6 Å². The summed E-state index contributed by atoms with van der Waals surface area (Å²) in [4.78, 5) is 8.05. The predicted molar refractivity (Wildman–Crippen MR) is 71.5 cm³/mol. The van der Waals surface area contributed by atoms with Crippen LogP contribution in [0.4, 0.5) is 13.2 Å². The number of rotatable bonds is 3. The van der Waals surface area contributed by atoms with Crippen LogP contribution in [0.2, 0.25) is 5.28 Å². The molecule has 0 atom stereocenters. The average molecular weight is 301 g/mol. The Kier molecular flexibility index (Phi) is 4.28. The molecule has 0 N–H and O–H groups in total. The number of aryl methyl sites for hydroxylation is 1. The molecule has 0 saturated heterocycles. The molecule has 0 spiro atoms. The maximum atomic E-state index is 12.7. The van der Waals surface area contributed by atoms with E-state index in [1.807, 2.05) is 6.92 Å². The van der Waals surface area contributed by atoms with Crippen molar-refractivity contribution in [3.63, 3.8) is 0 Å². The van der Waals surface area contributed by atoms with Crippen LogP contribution in [0.25, 0.3) is 11.3 Å². The molecule has 0 radical (unpaired) electrons. The second kappa shape index (κ2) is 5.79. The van der Waals surface area contributed by atoms with Gasteiger partial charge in [0.2, 0.25) is 5.28 Å². The fourth-order valence-corrected chi connectivity index (χ4v) is 2.05. The normalized spacial score (nSPS) is 11.7. The zero-order valence-corrected chi connectivity index (χ0v) is 11.5. The molecule has 1 aromatic heterocycles. The van der Waals surface area contributed by atoms with Crippen LogP contribution in [-0.4, -0.2) is 9.97 Å². The summed E-state index contributed by atoms with van der Waals surface area (Å²) >= 11 is 5.82.